The van der Waals surface area contributed by atoms with Gasteiger partial charge in [0.15, 0.2) is 0 Å². The summed E-state index contributed by atoms with van der Waals surface area (Å²) in [5.41, 5.74) is 2.38. The number of nitrogens with one attached hydrogen (secondary N) is 3. The number of hydrogen-bond acceptors (Lipinski definition) is 2. The van der Waals surface area contributed by atoms with Crippen molar-refractivity contribution in [3.63, 3.8) is 0 Å². The van der Waals surface area contributed by atoms with Crippen molar-refractivity contribution < 1.29 is 9.53 Å². The quantitative estimate of drug-likeness (QED) is 0.748. The van der Waals surface area contributed by atoms with Crippen LogP contribution in [-0.4, -0.2) is 30.2 Å². The molecule has 0 radical (unpaired) electrons. The van der Waals surface area contributed by atoms with Gasteiger partial charge in [-0.2, -0.15) is 0 Å². The third-order valence-electron chi connectivity index (χ3n) is 7.07. The van der Waals surface area contributed by atoms with E-state index >= 15 is 0 Å². The predicted octanol–water partition coefficient (Wildman–Crippen LogP) is 3.99. The maximum atomic E-state index is 12.6. The molecule has 27 heavy (non-hydrogen) atoms. The number of carbonyl (C=O) groups is 1. The van der Waals surface area contributed by atoms with Crippen molar-refractivity contribution in [3.05, 3.63) is 30.0 Å². The summed E-state index contributed by atoms with van der Waals surface area (Å²) in [6, 6.07) is 6.05. The molecular formula is C22H29N3O2. The van der Waals surface area contributed by atoms with E-state index in [1.54, 1.807) is 7.11 Å². The number of ether oxygens (including phenoxy) is 1. The molecule has 1 aromatic heterocycles. The molecule has 0 aliphatic heterocycles. The van der Waals surface area contributed by atoms with Gasteiger partial charge in [-0.25, -0.2) is 4.79 Å². The zero-order valence-electron chi connectivity index (χ0n) is 16.0. The van der Waals surface area contributed by atoms with E-state index in [2.05, 4.69) is 21.7 Å². The maximum Gasteiger partial charge on any atom is 0.315 e. The summed E-state index contributed by atoms with van der Waals surface area (Å²) >= 11 is 0. The average molecular weight is 367 g/mol. The molecule has 6 rings (SSSR count). The van der Waals surface area contributed by atoms with Crippen LogP contribution in [0.25, 0.3) is 10.9 Å². The van der Waals surface area contributed by atoms with Crippen LogP contribution < -0.4 is 15.4 Å². The van der Waals surface area contributed by atoms with Gasteiger partial charge in [-0.3, -0.25) is 0 Å². The Bertz CT molecular complexity index is 821. The van der Waals surface area contributed by atoms with Crippen LogP contribution in [0.1, 0.15) is 44.1 Å². The number of H-pyrrole nitrogens is 1. The third-order valence-corrected chi connectivity index (χ3v) is 7.07. The summed E-state index contributed by atoms with van der Waals surface area (Å²) in [4.78, 5) is 15.9. The van der Waals surface area contributed by atoms with Gasteiger partial charge in [0.05, 0.1) is 7.11 Å². The molecule has 4 fully saturated rings. The van der Waals surface area contributed by atoms with E-state index in [1.165, 1.54) is 44.1 Å². The van der Waals surface area contributed by atoms with Crippen molar-refractivity contribution in [2.24, 2.45) is 17.8 Å². The number of hydrogen-bond donors (Lipinski definition) is 3. The van der Waals surface area contributed by atoms with E-state index < -0.39 is 0 Å². The van der Waals surface area contributed by atoms with Crippen LogP contribution >= 0.6 is 0 Å². The number of amides is 2. The fourth-order valence-corrected chi connectivity index (χ4v) is 6.35. The number of urea groups is 1. The van der Waals surface area contributed by atoms with Gasteiger partial charge in [-0.1, -0.05) is 0 Å². The van der Waals surface area contributed by atoms with E-state index in [4.69, 9.17) is 4.74 Å². The second-order valence-corrected chi connectivity index (χ2v) is 9.05. The highest BCUT2D eigenvalue weighted by atomic mass is 16.5. The first kappa shape index (κ1) is 17.0. The summed E-state index contributed by atoms with van der Waals surface area (Å²) in [6.07, 6.45) is 10.6. The maximum absolute atomic E-state index is 12.6. The van der Waals surface area contributed by atoms with Gasteiger partial charge < -0.3 is 20.4 Å². The number of aromatic nitrogens is 1. The van der Waals surface area contributed by atoms with Crippen molar-refractivity contribution in [3.8, 4) is 5.75 Å². The summed E-state index contributed by atoms with van der Waals surface area (Å²) in [6.45, 7) is 0.641. The van der Waals surface area contributed by atoms with Gasteiger partial charge in [0.25, 0.3) is 0 Å². The van der Waals surface area contributed by atoms with E-state index in [-0.39, 0.29) is 11.6 Å². The minimum atomic E-state index is 0.00868. The lowest BCUT2D eigenvalue weighted by atomic mass is 9.53. The van der Waals surface area contributed by atoms with Gasteiger partial charge in [0.2, 0.25) is 0 Å². The predicted molar refractivity (Wildman–Crippen MR) is 106 cm³/mol. The fourth-order valence-electron chi connectivity index (χ4n) is 6.35. The molecule has 1 aromatic carbocycles. The van der Waals surface area contributed by atoms with Crippen molar-refractivity contribution in [2.75, 3.05) is 13.7 Å². The minimum Gasteiger partial charge on any atom is -0.497 e. The number of aromatic amines is 1. The Balaban J connectivity index is 1.18. The van der Waals surface area contributed by atoms with Crippen LogP contribution in [0.2, 0.25) is 0 Å². The third kappa shape index (κ3) is 3.17. The van der Waals surface area contributed by atoms with Crippen LogP contribution in [-0.2, 0) is 6.42 Å². The van der Waals surface area contributed by atoms with Gasteiger partial charge in [0.1, 0.15) is 5.75 Å². The Labute approximate surface area is 160 Å². The molecule has 4 aliphatic carbocycles. The van der Waals surface area contributed by atoms with Crippen molar-refractivity contribution in [1.82, 2.24) is 15.6 Å². The normalized spacial score (nSPS) is 31.2. The summed E-state index contributed by atoms with van der Waals surface area (Å²) in [5.74, 6) is 3.39. The van der Waals surface area contributed by atoms with Crippen LogP contribution in [0.3, 0.4) is 0 Å². The first-order valence-electron chi connectivity index (χ1n) is 10.3. The van der Waals surface area contributed by atoms with Crippen LogP contribution in [0.15, 0.2) is 24.4 Å². The van der Waals surface area contributed by atoms with Crippen molar-refractivity contribution in [1.29, 1.82) is 0 Å². The molecule has 2 amide bonds. The van der Waals surface area contributed by atoms with Crippen LogP contribution in [0.4, 0.5) is 4.79 Å². The standard InChI is InChI=1S/C22H29N3O2/c1-27-18-2-3-20-19(9-18)17(13-24-20)4-5-23-21(26)25-22-10-14-6-15(11-22)8-16(7-14)12-22/h2-3,9,13-16,24H,4-8,10-12H2,1H3,(H2,23,25,26). The molecule has 4 saturated carbocycles. The van der Waals surface area contributed by atoms with E-state index in [0.29, 0.717) is 6.54 Å². The highest BCUT2D eigenvalue weighted by molar-refractivity contribution is 5.84. The lowest BCUT2D eigenvalue weighted by molar-refractivity contribution is -0.0135. The number of rotatable bonds is 5. The number of fused-ring (bicyclic) bond motifs is 1. The van der Waals surface area contributed by atoms with Crippen molar-refractivity contribution in [2.45, 2.75) is 50.5 Å². The zero-order valence-corrected chi connectivity index (χ0v) is 16.0. The van der Waals surface area contributed by atoms with Gasteiger partial charge in [-0.15, -0.1) is 0 Å². The molecule has 5 heteroatoms. The summed E-state index contributed by atoms with van der Waals surface area (Å²) in [5, 5.41) is 7.64. The molecule has 1 heterocycles. The monoisotopic (exact) mass is 367 g/mol. The van der Waals surface area contributed by atoms with Gasteiger partial charge in [-0.05, 0) is 86.5 Å². The molecule has 2 aromatic rings. The van der Waals surface area contributed by atoms with Gasteiger partial charge >= 0.3 is 6.03 Å². The van der Waals surface area contributed by atoms with Gasteiger partial charge in [0, 0.05) is 29.2 Å². The summed E-state index contributed by atoms with van der Waals surface area (Å²) in [7, 11) is 1.68. The molecule has 3 N–H and O–H groups in total. The largest absolute Gasteiger partial charge is 0.497 e. The minimum absolute atomic E-state index is 0.00868. The topological polar surface area (TPSA) is 66.1 Å². The molecule has 5 nitrogen and oxygen atoms in total. The Hall–Kier alpha value is -2.17. The van der Waals surface area contributed by atoms with E-state index in [1.807, 2.05) is 18.3 Å². The number of benzene rings is 1. The molecule has 0 spiro atoms. The first-order valence-corrected chi connectivity index (χ1v) is 10.3. The Morgan fingerprint density at radius 2 is 1.89 bits per heavy atom. The molecule has 0 atom stereocenters. The summed E-state index contributed by atoms with van der Waals surface area (Å²) < 4.78 is 5.33. The number of methoxy groups -OCH3 is 1. The second-order valence-electron chi connectivity index (χ2n) is 9.05. The smallest absolute Gasteiger partial charge is 0.315 e. The number of carbonyl (C=O) groups excluding carboxylic acids is 1. The first-order chi connectivity index (χ1) is 13.1. The highest BCUT2D eigenvalue weighted by Gasteiger charge is 2.51. The second kappa shape index (κ2) is 6.47. The van der Waals surface area contributed by atoms with Crippen molar-refractivity contribution >= 4 is 16.9 Å². The Kier molecular flexibility index (Phi) is 4.06. The molecule has 4 bridgehead atoms. The van der Waals surface area contributed by atoms with Crippen LogP contribution in [0, 0.1) is 17.8 Å². The lowest BCUT2D eigenvalue weighted by Crippen LogP contribution is -2.61. The zero-order chi connectivity index (χ0) is 18.4. The Morgan fingerprint density at radius 3 is 2.56 bits per heavy atom. The molecule has 0 saturated heterocycles. The van der Waals surface area contributed by atoms with Crippen LogP contribution in [0.5, 0.6) is 5.75 Å². The molecule has 4 aliphatic rings. The molecule has 144 valence electrons. The van der Waals surface area contributed by atoms with E-state index in [9.17, 15) is 4.79 Å². The highest BCUT2D eigenvalue weighted by Crippen LogP contribution is 2.55. The van der Waals surface area contributed by atoms with E-state index in [0.717, 1.165) is 40.8 Å². The molecule has 0 unspecified atom stereocenters. The SMILES string of the molecule is COc1ccc2[nH]cc(CCNC(=O)NC34CC5CC(CC(C5)C3)C4)c2c1. The lowest BCUT2D eigenvalue weighted by Gasteiger charge is -2.56. The Morgan fingerprint density at radius 1 is 1.19 bits per heavy atom. The molecular weight excluding hydrogens is 338 g/mol. The fraction of sp³-hybridized carbons (Fsp3) is 0.591. The average Bonchev–Trinajstić information content (AvgIpc) is 3.02.